The fraction of sp³-hybridized carbons (Fsp3) is 0.333. The highest BCUT2D eigenvalue weighted by atomic mass is 32.2. The van der Waals surface area contributed by atoms with E-state index >= 15 is 0 Å². The third-order valence-electron chi connectivity index (χ3n) is 2.24. The molecule has 1 atom stereocenters. The smallest absolute Gasteiger partial charge is 0.307 e. The van der Waals surface area contributed by atoms with E-state index in [0.717, 1.165) is 5.56 Å². The van der Waals surface area contributed by atoms with Gasteiger partial charge in [-0.3, -0.25) is 4.79 Å². The molecule has 0 aliphatic rings. The van der Waals surface area contributed by atoms with Crippen LogP contribution in [0, 0.1) is 23.1 Å². The molecule has 0 aromatic heterocycles. The molecule has 1 rings (SSSR count). The molecule has 0 aliphatic carbocycles. The van der Waals surface area contributed by atoms with Gasteiger partial charge in [-0.1, -0.05) is 13.0 Å². The highest BCUT2D eigenvalue weighted by Crippen LogP contribution is 2.19. The van der Waals surface area contributed by atoms with Gasteiger partial charge in [0.2, 0.25) is 0 Å². The molecule has 17 heavy (non-hydrogen) atoms. The molecule has 0 spiro atoms. The second-order valence-electron chi connectivity index (χ2n) is 3.67. The van der Waals surface area contributed by atoms with Gasteiger partial charge in [-0.15, -0.1) is 0 Å². The molecule has 5 heteroatoms. The molecule has 1 aromatic carbocycles. The third-order valence-corrected chi connectivity index (χ3v) is 3.49. The van der Waals surface area contributed by atoms with E-state index in [1.165, 1.54) is 23.9 Å². The molecular formula is C12H12FNO2S. The van der Waals surface area contributed by atoms with Crippen molar-refractivity contribution in [1.29, 1.82) is 5.26 Å². The Morgan fingerprint density at radius 3 is 2.94 bits per heavy atom. The van der Waals surface area contributed by atoms with Gasteiger partial charge in [0.05, 0.1) is 17.6 Å². The molecule has 0 saturated heterocycles. The zero-order chi connectivity index (χ0) is 12.8. The monoisotopic (exact) mass is 253 g/mol. The molecule has 3 nitrogen and oxygen atoms in total. The molecule has 0 saturated carbocycles. The molecule has 1 N–H and O–H groups in total. The van der Waals surface area contributed by atoms with E-state index in [1.54, 1.807) is 13.0 Å². The summed E-state index contributed by atoms with van der Waals surface area (Å²) in [5.74, 6) is -0.712. The zero-order valence-electron chi connectivity index (χ0n) is 9.31. The van der Waals surface area contributed by atoms with Gasteiger partial charge in [-0.05, 0) is 17.7 Å². The fourth-order valence-corrected chi connectivity index (χ4v) is 2.28. The summed E-state index contributed by atoms with van der Waals surface area (Å²) in [6.45, 7) is 1.63. The third kappa shape index (κ3) is 4.08. The lowest BCUT2D eigenvalue weighted by Gasteiger charge is -2.07. The number of aliphatic carboxylic acids is 1. The van der Waals surface area contributed by atoms with E-state index in [9.17, 15) is 9.18 Å². The van der Waals surface area contributed by atoms with Gasteiger partial charge in [0.15, 0.2) is 0 Å². The van der Waals surface area contributed by atoms with Crippen LogP contribution in [0.25, 0.3) is 0 Å². The Bertz CT molecular complexity index is 456. The Morgan fingerprint density at radius 1 is 1.65 bits per heavy atom. The maximum absolute atomic E-state index is 12.9. The molecule has 0 amide bonds. The predicted octanol–water partition coefficient (Wildman–Crippen LogP) is 2.65. The summed E-state index contributed by atoms with van der Waals surface area (Å²) >= 11 is 1.42. The van der Waals surface area contributed by atoms with Crippen LogP contribution in [0.3, 0.4) is 0 Å². The summed E-state index contributed by atoms with van der Waals surface area (Å²) in [4.78, 5) is 10.6. The molecular weight excluding hydrogens is 241 g/mol. The lowest BCUT2D eigenvalue weighted by molar-refractivity contribution is -0.140. The minimum Gasteiger partial charge on any atom is -0.481 e. The van der Waals surface area contributed by atoms with Crippen molar-refractivity contribution >= 4 is 17.7 Å². The van der Waals surface area contributed by atoms with Crippen molar-refractivity contribution < 1.29 is 14.3 Å². The highest BCUT2D eigenvalue weighted by Gasteiger charge is 2.11. The van der Waals surface area contributed by atoms with Crippen LogP contribution in [-0.2, 0) is 10.5 Å². The Hall–Kier alpha value is -1.54. The molecule has 1 aromatic rings. The number of halogens is 1. The Balaban J connectivity index is 2.58. The molecule has 0 heterocycles. The van der Waals surface area contributed by atoms with Crippen LogP contribution < -0.4 is 0 Å². The minimum atomic E-state index is -0.836. The number of rotatable bonds is 5. The largest absolute Gasteiger partial charge is 0.481 e. The van der Waals surface area contributed by atoms with Gasteiger partial charge < -0.3 is 5.11 Å². The predicted molar refractivity (Wildman–Crippen MR) is 64.1 cm³/mol. The molecule has 0 aliphatic heterocycles. The quantitative estimate of drug-likeness (QED) is 0.876. The summed E-state index contributed by atoms with van der Waals surface area (Å²) in [5, 5.41) is 17.5. The number of hydrogen-bond acceptors (Lipinski definition) is 3. The number of nitrogens with zero attached hydrogens (tertiary/aromatic N) is 1. The van der Waals surface area contributed by atoms with Crippen LogP contribution in [0.1, 0.15) is 18.1 Å². The van der Waals surface area contributed by atoms with E-state index in [1.807, 2.05) is 6.07 Å². The first-order valence-electron chi connectivity index (χ1n) is 5.03. The number of carboxylic acid groups (broad SMARTS) is 1. The average Bonchev–Trinajstić information content (AvgIpc) is 2.30. The van der Waals surface area contributed by atoms with Crippen LogP contribution >= 0.6 is 11.8 Å². The number of carboxylic acids is 1. The number of benzene rings is 1. The lowest BCUT2D eigenvalue weighted by atomic mass is 10.1. The molecule has 1 unspecified atom stereocenters. The second kappa shape index (κ2) is 6.26. The SMILES string of the molecule is CC(CSCc1ccc(F)cc1C#N)C(=O)O. The van der Waals surface area contributed by atoms with E-state index in [4.69, 9.17) is 10.4 Å². The van der Waals surface area contributed by atoms with Crippen LogP contribution in [0.15, 0.2) is 18.2 Å². The molecule has 0 bridgehead atoms. The van der Waals surface area contributed by atoms with Crippen LogP contribution in [0.4, 0.5) is 4.39 Å². The van der Waals surface area contributed by atoms with E-state index < -0.39 is 17.7 Å². The topological polar surface area (TPSA) is 61.1 Å². The van der Waals surface area contributed by atoms with E-state index in [2.05, 4.69) is 0 Å². The Morgan fingerprint density at radius 2 is 2.35 bits per heavy atom. The fourth-order valence-electron chi connectivity index (χ4n) is 1.20. The summed E-state index contributed by atoms with van der Waals surface area (Å²) in [6, 6.07) is 5.98. The number of hydrogen-bond donors (Lipinski definition) is 1. The molecule has 0 fully saturated rings. The number of thioether (sulfide) groups is 1. The van der Waals surface area contributed by atoms with Crippen LogP contribution in [-0.4, -0.2) is 16.8 Å². The first kappa shape index (κ1) is 13.5. The summed E-state index contributed by atoms with van der Waals surface area (Å²) in [6.07, 6.45) is 0. The first-order chi connectivity index (χ1) is 8.04. The highest BCUT2D eigenvalue weighted by molar-refractivity contribution is 7.98. The normalized spacial score (nSPS) is 11.8. The van der Waals surface area contributed by atoms with Gasteiger partial charge in [0, 0.05) is 11.5 Å². The van der Waals surface area contributed by atoms with Crippen LogP contribution in [0.2, 0.25) is 0 Å². The molecule has 0 radical (unpaired) electrons. The van der Waals surface area contributed by atoms with Crippen LogP contribution in [0.5, 0.6) is 0 Å². The standard InChI is InChI=1S/C12H12FNO2S/c1-8(12(15)16)6-17-7-9-2-3-11(13)4-10(9)5-14/h2-4,8H,6-7H2,1H3,(H,15,16). The Kier molecular flexibility index (Phi) is 4.98. The van der Waals surface area contributed by atoms with Gasteiger partial charge in [0.25, 0.3) is 0 Å². The van der Waals surface area contributed by atoms with Crippen molar-refractivity contribution in [1.82, 2.24) is 0 Å². The van der Waals surface area contributed by atoms with Crippen molar-refractivity contribution in [3.63, 3.8) is 0 Å². The van der Waals surface area contributed by atoms with Gasteiger partial charge in [0.1, 0.15) is 5.82 Å². The van der Waals surface area contributed by atoms with Crippen molar-refractivity contribution in [2.45, 2.75) is 12.7 Å². The van der Waals surface area contributed by atoms with Gasteiger partial charge in [-0.25, -0.2) is 4.39 Å². The summed E-state index contributed by atoms with van der Waals surface area (Å²) in [5.41, 5.74) is 1.04. The van der Waals surface area contributed by atoms with Crippen molar-refractivity contribution in [3.05, 3.63) is 35.1 Å². The maximum Gasteiger partial charge on any atom is 0.307 e. The van der Waals surface area contributed by atoms with Crippen molar-refractivity contribution in [2.24, 2.45) is 5.92 Å². The van der Waals surface area contributed by atoms with Gasteiger partial charge in [-0.2, -0.15) is 17.0 Å². The second-order valence-corrected chi connectivity index (χ2v) is 4.70. The number of nitriles is 1. The average molecular weight is 253 g/mol. The van der Waals surface area contributed by atoms with E-state index in [-0.39, 0.29) is 0 Å². The van der Waals surface area contributed by atoms with Crippen molar-refractivity contribution in [3.8, 4) is 6.07 Å². The lowest BCUT2D eigenvalue weighted by Crippen LogP contribution is -2.11. The maximum atomic E-state index is 12.9. The zero-order valence-corrected chi connectivity index (χ0v) is 10.1. The van der Waals surface area contributed by atoms with Crippen molar-refractivity contribution in [2.75, 3.05) is 5.75 Å². The number of carbonyl (C=O) groups is 1. The summed E-state index contributed by atoms with van der Waals surface area (Å²) in [7, 11) is 0. The first-order valence-corrected chi connectivity index (χ1v) is 6.19. The molecule has 90 valence electrons. The Labute approximate surface area is 103 Å². The minimum absolute atomic E-state index is 0.306. The van der Waals surface area contributed by atoms with E-state index in [0.29, 0.717) is 17.1 Å². The van der Waals surface area contributed by atoms with Gasteiger partial charge >= 0.3 is 5.97 Å². The summed E-state index contributed by atoms with van der Waals surface area (Å²) < 4.78 is 12.9.